The van der Waals surface area contributed by atoms with Crippen LogP contribution in [0.3, 0.4) is 0 Å². The van der Waals surface area contributed by atoms with Gasteiger partial charge in [0.1, 0.15) is 0 Å². The third-order valence-corrected chi connectivity index (χ3v) is 2.95. The molecule has 0 atom stereocenters. The van der Waals surface area contributed by atoms with Gasteiger partial charge in [-0.05, 0) is 43.2 Å². The van der Waals surface area contributed by atoms with Gasteiger partial charge in [0.15, 0.2) is 0 Å². The number of carbonyl (C=O) groups excluding carboxylic acids is 1. The number of amides is 1. The number of benzene rings is 1. The molecule has 1 amide bonds. The number of likely N-dealkylation sites (N-methyl/N-ethyl adjacent to an activating group) is 1. The molecular formula is C15H18N2O. The van der Waals surface area contributed by atoms with Crippen LogP contribution in [0.25, 0.3) is 0 Å². The second-order valence-corrected chi connectivity index (χ2v) is 4.37. The second-order valence-electron chi connectivity index (χ2n) is 4.37. The number of carbonyl (C=O) groups is 1. The maximum absolute atomic E-state index is 12.3. The normalized spacial score (nSPS) is 10.3. The largest absolute Gasteiger partial charge is 0.367 e. The van der Waals surface area contributed by atoms with E-state index < -0.39 is 0 Å². The fourth-order valence-electron chi connectivity index (χ4n) is 2.04. The molecule has 0 aliphatic rings. The monoisotopic (exact) mass is 242 g/mol. The van der Waals surface area contributed by atoms with Gasteiger partial charge in [-0.1, -0.05) is 12.1 Å². The predicted octanol–water partition coefficient (Wildman–Crippen LogP) is 2.92. The van der Waals surface area contributed by atoms with E-state index >= 15 is 0 Å². The van der Waals surface area contributed by atoms with E-state index in [0.29, 0.717) is 13.0 Å². The van der Waals surface area contributed by atoms with Crippen LogP contribution in [0.4, 0.5) is 5.69 Å². The molecule has 0 aliphatic heterocycles. The van der Waals surface area contributed by atoms with Crippen molar-refractivity contribution in [2.45, 2.75) is 20.3 Å². The first-order valence-electron chi connectivity index (χ1n) is 6.19. The molecule has 0 spiro atoms. The molecule has 1 aromatic carbocycles. The lowest BCUT2D eigenvalue weighted by Crippen LogP contribution is -2.31. The van der Waals surface area contributed by atoms with Crippen molar-refractivity contribution in [3.8, 4) is 0 Å². The Morgan fingerprint density at radius 3 is 2.78 bits per heavy atom. The molecule has 0 saturated carbocycles. The van der Waals surface area contributed by atoms with Gasteiger partial charge in [0.2, 0.25) is 5.91 Å². The van der Waals surface area contributed by atoms with Crippen molar-refractivity contribution < 1.29 is 4.79 Å². The van der Waals surface area contributed by atoms with Crippen molar-refractivity contribution in [3.63, 3.8) is 0 Å². The Morgan fingerprint density at radius 2 is 2.17 bits per heavy atom. The van der Waals surface area contributed by atoms with E-state index in [1.54, 1.807) is 0 Å². The Balaban J connectivity index is 2.15. The predicted molar refractivity (Wildman–Crippen MR) is 73.7 cm³/mol. The number of anilines is 1. The number of nitrogens with zero attached hydrogens (tertiary/aromatic N) is 1. The average molecular weight is 242 g/mol. The first kappa shape index (κ1) is 12.4. The van der Waals surface area contributed by atoms with E-state index in [1.165, 1.54) is 5.56 Å². The van der Waals surface area contributed by atoms with Crippen LogP contribution in [-0.2, 0) is 11.2 Å². The fraction of sp³-hybridized carbons (Fsp3) is 0.267. The summed E-state index contributed by atoms with van der Waals surface area (Å²) in [5.41, 5.74) is 3.16. The molecule has 0 bridgehead atoms. The van der Waals surface area contributed by atoms with Crippen molar-refractivity contribution >= 4 is 11.6 Å². The summed E-state index contributed by atoms with van der Waals surface area (Å²) in [6.07, 6.45) is 4.14. The Kier molecular flexibility index (Phi) is 3.82. The zero-order chi connectivity index (χ0) is 13.0. The van der Waals surface area contributed by atoms with E-state index in [9.17, 15) is 4.79 Å². The molecule has 0 aliphatic carbocycles. The zero-order valence-corrected chi connectivity index (χ0v) is 10.8. The zero-order valence-electron chi connectivity index (χ0n) is 10.8. The lowest BCUT2D eigenvalue weighted by molar-refractivity contribution is -0.117. The molecule has 1 N–H and O–H groups in total. The molecule has 0 saturated heterocycles. The summed E-state index contributed by atoms with van der Waals surface area (Å²) in [6, 6.07) is 9.97. The topological polar surface area (TPSA) is 36.1 Å². The smallest absolute Gasteiger partial charge is 0.231 e. The lowest BCUT2D eigenvalue weighted by Gasteiger charge is -2.21. The van der Waals surface area contributed by atoms with Crippen molar-refractivity contribution in [3.05, 3.63) is 53.9 Å². The summed E-state index contributed by atoms with van der Waals surface area (Å²) in [4.78, 5) is 17.1. The third-order valence-electron chi connectivity index (χ3n) is 2.95. The number of rotatable bonds is 4. The molecule has 2 rings (SSSR count). The third kappa shape index (κ3) is 2.80. The summed E-state index contributed by atoms with van der Waals surface area (Å²) in [6.45, 7) is 4.72. The Morgan fingerprint density at radius 1 is 1.33 bits per heavy atom. The average Bonchev–Trinajstić information content (AvgIpc) is 2.83. The summed E-state index contributed by atoms with van der Waals surface area (Å²) >= 11 is 0. The van der Waals surface area contributed by atoms with E-state index in [-0.39, 0.29) is 5.91 Å². The van der Waals surface area contributed by atoms with Gasteiger partial charge in [-0.2, -0.15) is 0 Å². The second kappa shape index (κ2) is 5.54. The van der Waals surface area contributed by atoms with Crippen LogP contribution in [0.5, 0.6) is 0 Å². The molecular weight excluding hydrogens is 224 g/mol. The maximum Gasteiger partial charge on any atom is 0.231 e. The van der Waals surface area contributed by atoms with Crippen LogP contribution in [0.2, 0.25) is 0 Å². The molecule has 18 heavy (non-hydrogen) atoms. The van der Waals surface area contributed by atoms with Crippen LogP contribution in [0.1, 0.15) is 18.1 Å². The lowest BCUT2D eigenvalue weighted by atomic mass is 10.1. The van der Waals surface area contributed by atoms with Crippen LogP contribution in [0.15, 0.2) is 42.7 Å². The summed E-state index contributed by atoms with van der Waals surface area (Å²) < 4.78 is 0. The number of hydrogen-bond donors (Lipinski definition) is 1. The van der Waals surface area contributed by atoms with Crippen LogP contribution in [-0.4, -0.2) is 17.4 Å². The van der Waals surface area contributed by atoms with Gasteiger partial charge < -0.3 is 9.88 Å². The van der Waals surface area contributed by atoms with Crippen molar-refractivity contribution in [1.29, 1.82) is 0 Å². The van der Waals surface area contributed by atoms with Gasteiger partial charge in [0.05, 0.1) is 6.42 Å². The van der Waals surface area contributed by atoms with Gasteiger partial charge in [-0.3, -0.25) is 4.79 Å². The van der Waals surface area contributed by atoms with E-state index in [4.69, 9.17) is 0 Å². The highest BCUT2D eigenvalue weighted by Crippen LogP contribution is 2.17. The molecule has 2 aromatic rings. The Bertz CT molecular complexity index is 517. The van der Waals surface area contributed by atoms with Gasteiger partial charge in [-0.25, -0.2) is 0 Å². The number of aryl methyl sites for hydroxylation is 1. The standard InChI is InChI=1S/C15H18N2O/c1-3-17(14-6-4-5-12(2)9-14)15(18)10-13-7-8-16-11-13/h4-9,11,16H,3,10H2,1-2H3. The highest BCUT2D eigenvalue weighted by atomic mass is 16.2. The molecule has 3 heteroatoms. The number of aromatic nitrogens is 1. The van der Waals surface area contributed by atoms with E-state index in [0.717, 1.165) is 11.3 Å². The minimum Gasteiger partial charge on any atom is -0.367 e. The van der Waals surface area contributed by atoms with E-state index in [1.807, 2.05) is 61.5 Å². The SMILES string of the molecule is CCN(C(=O)Cc1cc[nH]c1)c1cccc(C)c1. The minimum absolute atomic E-state index is 0.128. The fourth-order valence-corrected chi connectivity index (χ4v) is 2.04. The van der Waals surface area contributed by atoms with Gasteiger partial charge in [0.25, 0.3) is 0 Å². The first-order valence-corrected chi connectivity index (χ1v) is 6.19. The minimum atomic E-state index is 0.128. The molecule has 0 radical (unpaired) electrons. The van der Waals surface area contributed by atoms with Gasteiger partial charge >= 0.3 is 0 Å². The van der Waals surface area contributed by atoms with Crippen LogP contribution in [0, 0.1) is 6.92 Å². The number of aromatic amines is 1. The van der Waals surface area contributed by atoms with Crippen LogP contribution >= 0.6 is 0 Å². The Hall–Kier alpha value is -2.03. The van der Waals surface area contributed by atoms with Gasteiger partial charge in [0, 0.05) is 24.6 Å². The van der Waals surface area contributed by atoms with Gasteiger partial charge in [-0.15, -0.1) is 0 Å². The Labute approximate surface area is 107 Å². The van der Waals surface area contributed by atoms with Crippen molar-refractivity contribution in [2.24, 2.45) is 0 Å². The first-order chi connectivity index (χ1) is 8.70. The molecule has 94 valence electrons. The maximum atomic E-state index is 12.3. The molecule has 1 heterocycles. The number of H-pyrrole nitrogens is 1. The summed E-state index contributed by atoms with van der Waals surface area (Å²) in [5.74, 6) is 0.128. The number of nitrogens with one attached hydrogen (secondary N) is 1. The summed E-state index contributed by atoms with van der Waals surface area (Å²) in [7, 11) is 0. The highest BCUT2D eigenvalue weighted by molar-refractivity contribution is 5.94. The molecule has 0 fully saturated rings. The van der Waals surface area contributed by atoms with E-state index in [2.05, 4.69) is 4.98 Å². The van der Waals surface area contributed by atoms with Crippen molar-refractivity contribution in [1.82, 2.24) is 4.98 Å². The number of hydrogen-bond acceptors (Lipinski definition) is 1. The summed E-state index contributed by atoms with van der Waals surface area (Å²) in [5, 5.41) is 0. The van der Waals surface area contributed by atoms with Crippen LogP contribution < -0.4 is 4.90 Å². The molecule has 1 aromatic heterocycles. The molecule has 3 nitrogen and oxygen atoms in total. The van der Waals surface area contributed by atoms with Crippen molar-refractivity contribution in [2.75, 3.05) is 11.4 Å². The molecule has 0 unspecified atom stereocenters. The quantitative estimate of drug-likeness (QED) is 0.879. The highest BCUT2D eigenvalue weighted by Gasteiger charge is 2.14.